The number of piperidine rings is 1. The maximum absolute atomic E-state index is 13.2. The predicted octanol–water partition coefficient (Wildman–Crippen LogP) is -1.06. The number of piperazine rings is 1. The third-order valence-corrected chi connectivity index (χ3v) is 7.32. The van der Waals surface area contributed by atoms with E-state index >= 15 is 0 Å². The zero-order chi connectivity index (χ0) is 29.6. The SMILES string of the molecule is CC(C)(CNC(=O)CNc1cccc2c1C(=O)N(C1CCC(=O)NC1=O)C2=O)CONCCN1CCN(C=O)CC1. The molecule has 4 N–H and O–H groups in total. The Labute approximate surface area is 238 Å². The standard InChI is InChI=1S/C27H37N7O7/c1-27(2,16-41-30-8-9-32-10-12-33(17-35)13-11-32)15-29-22(37)14-28-19-5-3-4-18-23(19)26(40)34(25(18)39)20-6-7-21(36)31-24(20)38/h3-5,17,20,28,30H,6-16H2,1-2H3,(H,29,37)(H,31,36,38). The van der Waals surface area contributed by atoms with Gasteiger partial charge in [-0.15, -0.1) is 0 Å². The summed E-state index contributed by atoms with van der Waals surface area (Å²) in [5, 5.41) is 7.96. The van der Waals surface area contributed by atoms with Gasteiger partial charge in [-0.05, 0) is 18.6 Å². The molecule has 4 rings (SSSR count). The quantitative estimate of drug-likeness (QED) is 0.0991. The number of nitrogens with zero attached hydrogens (tertiary/aromatic N) is 3. The molecule has 1 aromatic carbocycles. The topological polar surface area (TPSA) is 169 Å². The first kappa shape index (κ1) is 30.1. The lowest BCUT2D eigenvalue weighted by atomic mass is 9.95. The van der Waals surface area contributed by atoms with Gasteiger partial charge in [-0.25, -0.2) is 5.48 Å². The first-order chi connectivity index (χ1) is 19.6. The van der Waals surface area contributed by atoms with Crippen molar-refractivity contribution in [1.29, 1.82) is 0 Å². The van der Waals surface area contributed by atoms with Gasteiger partial charge in [0.25, 0.3) is 11.8 Å². The zero-order valence-electron chi connectivity index (χ0n) is 23.4. The molecule has 1 unspecified atom stereocenters. The second-order valence-corrected chi connectivity index (χ2v) is 11.1. The summed E-state index contributed by atoms with van der Waals surface area (Å²) in [6.07, 6.45) is 0.981. The van der Waals surface area contributed by atoms with Gasteiger partial charge in [-0.2, -0.15) is 0 Å². The predicted molar refractivity (Wildman–Crippen MR) is 146 cm³/mol. The molecule has 3 aliphatic heterocycles. The van der Waals surface area contributed by atoms with E-state index in [1.165, 1.54) is 6.07 Å². The molecular weight excluding hydrogens is 534 g/mol. The molecule has 0 radical (unpaired) electrons. The molecule has 14 heteroatoms. The Morgan fingerprint density at radius 3 is 2.59 bits per heavy atom. The summed E-state index contributed by atoms with van der Waals surface area (Å²) in [7, 11) is 0. The molecule has 6 amide bonds. The van der Waals surface area contributed by atoms with E-state index in [4.69, 9.17) is 4.84 Å². The van der Waals surface area contributed by atoms with Crippen molar-refractivity contribution in [3.63, 3.8) is 0 Å². The van der Waals surface area contributed by atoms with E-state index in [1.807, 2.05) is 13.8 Å². The highest BCUT2D eigenvalue weighted by atomic mass is 16.6. The molecule has 1 atom stereocenters. The van der Waals surface area contributed by atoms with Gasteiger partial charge in [0.05, 0.1) is 24.3 Å². The molecule has 0 spiro atoms. The Hall–Kier alpha value is -3.88. The average molecular weight is 572 g/mol. The van der Waals surface area contributed by atoms with Crippen molar-refractivity contribution < 1.29 is 33.6 Å². The molecule has 0 bridgehead atoms. The average Bonchev–Trinajstić information content (AvgIpc) is 3.21. The maximum Gasteiger partial charge on any atom is 0.264 e. The van der Waals surface area contributed by atoms with Crippen LogP contribution >= 0.6 is 0 Å². The monoisotopic (exact) mass is 571 g/mol. The minimum atomic E-state index is -1.06. The summed E-state index contributed by atoms with van der Waals surface area (Å²) in [4.78, 5) is 83.8. The smallest absolute Gasteiger partial charge is 0.264 e. The van der Waals surface area contributed by atoms with Gasteiger partial charge >= 0.3 is 0 Å². The molecule has 0 aliphatic carbocycles. The Bertz CT molecular complexity index is 1200. The third kappa shape index (κ3) is 7.45. The lowest BCUT2D eigenvalue weighted by molar-refractivity contribution is -0.136. The second kappa shape index (κ2) is 13.2. The maximum atomic E-state index is 13.2. The van der Waals surface area contributed by atoms with Crippen molar-refractivity contribution in [2.24, 2.45) is 5.41 Å². The molecule has 2 saturated heterocycles. The highest BCUT2D eigenvalue weighted by Gasteiger charge is 2.45. The van der Waals surface area contributed by atoms with Crippen LogP contribution in [0.3, 0.4) is 0 Å². The largest absolute Gasteiger partial charge is 0.375 e. The lowest BCUT2D eigenvalue weighted by Crippen LogP contribution is -2.54. The van der Waals surface area contributed by atoms with Crippen LogP contribution in [0.25, 0.3) is 0 Å². The van der Waals surface area contributed by atoms with Gasteiger partial charge in [0.1, 0.15) is 6.04 Å². The number of nitrogens with one attached hydrogen (secondary N) is 4. The second-order valence-electron chi connectivity index (χ2n) is 11.1. The molecule has 222 valence electrons. The summed E-state index contributed by atoms with van der Waals surface area (Å²) in [6, 6.07) is 3.62. The minimum Gasteiger partial charge on any atom is -0.375 e. The molecule has 0 saturated carbocycles. The molecular formula is C27H37N7O7. The molecule has 2 fully saturated rings. The summed E-state index contributed by atoms with van der Waals surface area (Å²) < 4.78 is 0. The van der Waals surface area contributed by atoms with Crippen LogP contribution in [0.4, 0.5) is 5.69 Å². The number of carbonyl (C=O) groups excluding carboxylic acids is 6. The van der Waals surface area contributed by atoms with E-state index in [2.05, 4.69) is 26.3 Å². The fourth-order valence-corrected chi connectivity index (χ4v) is 4.90. The number of imide groups is 2. The number of hydroxylamine groups is 1. The summed E-state index contributed by atoms with van der Waals surface area (Å²) in [5.41, 5.74) is 3.14. The van der Waals surface area contributed by atoms with Crippen molar-refractivity contribution in [2.75, 3.05) is 64.3 Å². The first-order valence-electron chi connectivity index (χ1n) is 13.7. The van der Waals surface area contributed by atoms with Crippen LogP contribution in [-0.4, -0.2) is 116 Å². The summed E-state index contributed by atoms with van der Waals surface area (Å²) in [6.45, 7) is 9.05. The van der Waals surface area contributed by atoms with Gasteiger partial charge in [-0.1, -0.05) is 19.9 Å². The Balaban J connectivity index is 1.20. The Kier molecular flexibility index (Phi) is 9.68. The van der Waals surface area contributed by atoms with Crippen molar-refractivity contribution in [2.45, 2.75) is 32.7 Å². The number of fused-ring (bicyclic) bond motifs is 1. The van der Waals surface area contributed by atoms with Gasteiger partial charge in [0.2, 0.25) is 24.1 Å². The van der Waals surface area contributed by atoms with Gasteiger partial charge in [0.15, 0.2) is 0 Å². The molecule has 0 aromatic heterocycles. The summed E-state index contributed by atoms with van der Waals surface area (Å²) >= 11 is 0. The summed E-state index contributed by atoms with van der Waals surface area (Å²) in [5.74, 6) is -2.68. The molecule has 1 aromatic rings. The fourth-order valence-electron chi connectivity index (χ4n) is 4.90. The van der Waals surface area contributed by atoms with E-state index in [9.17, 15) is 28.8 Å². The van der Waals surface area contributed by atoms with Crippen molar-refractivity contribution in [1.82, 2.24) is 30.8 Å². The zero-order valence-corrected chi connectivity index (χ0v) is 23.4. The van der Waals surface area contributed by atoms with E-state index in [1.54, 1.807) is 17.0 Å². The first-order valence-corrected chi connectivity index (χ1v) is 13.7. The van der Waals surface area contributed by atoms with E-state index in [-0.39, 0.29) is 41.8 Å². The molecule has 41 heavy (non-hydrogen) atoms. The van der Waals surface area contributed by atoms with Crippen molar-refractivity contribution in [3.05, 3.63) is 29.3 Å². The lowest BCUT2D eigenvalue weighted by Gasteiger charge is -2.32. The van der Waals surface area contributed by atoms with Crippen LogP contribution in [0.2, 0.25) is 0 Å². The number of carbonyl (C=O) groups is 6. The van der Waals surface area contributed by atoms with E-state index in [0.29, 0.717) is 25.4 Å². The third-order valence-electron chi connectivity index (χ3n) is 7.32. The minimum absolute atomic E-state index is 0.0352. The molecule has 14 nitrogen and oxygen atoms in total. The Morgan fingerprint density at radius 1 is 1.12 bits per heavy atom. The van der Waals surface area contributed by atoms with E-state index < -0.39 is 29.7 Å². The van der Waals surface area contributed by atoms with Crippen LogP contribution in [0.1, 0.15) is 47.4 Å². The Morgan fingerprint density at radius 2 is 1.88 bits per heavy atom. The number of hydrogen-bond acceptors (Lipinski definition) is 10. The van der Waals surface area contributed by atoms with Crippen LogP contribution < -0.4 is 21.4 Å². The van der Waals surface area contributed by atoms with Crippen LogP contribution in [-0.2, 0) is 24.0 Å². The highest BCUT2D eigenvalue weighted by Crippen LogP contribution is 2.32. The molecule has 3 aliphatic rings. The van der Waals surface area contributed by atoms with Crippen molar-refractivity contribution >= 4 is 41.6 Å². The number of benzene rings is 1. The van der Waals surface area contributed by atoms with Gasteiger partial charge in [0, 0.05) is 63.3 Å². The van der Waals surface area contributed by atoms with Gasteiger partial charge in [-0.3, -0.25) is 43.9 Å². The number of rotatable bonds is 13. The van der Waals surface area contributed by atoms with Crippen molar-refractivity contribution in [3.8, 4) is 0 Å². The van der Waals surface area contributed by atoms with E-state index in [0.717, 1.165) is 44.0 Å². The molecule has 3 heterocycles. The number of amides is 6. The van der Waals surface area contributed by atoms with Crippen LogP contribution in [0.5, 0.6) is 0 Å². The fraction of sp³-hybridized carbons (Fsp3) is 0.556. The van der Waals surface area contributed by atoms with Crippen LogP contribution in [0.15, 0.2) is 18.2 Å². The van der Waals surface area contributed by atoms with Gasteiger partial charge < -0.3 is 20.4 Å². The normalized spacial score (nSPS) is 19.7. The number of anilines is 1. The highest BCUT2D eigenvalue weighted by molar-refractivity contribution is 6.25. The van der Waals surface area contributed by atoms with Crippen LogP contribution in [0, 0.1) is 5.41 Å². The number of hydrogen-bond donors (Lipinski definition) is 4.